The Morgan fingerprint density at radius 3 is 2.46 bits per heavy atom. The summed E-state index contributed by atoms with van der Waals surface area (Å²) in [5.41, 5.74) is 0. The van der Waals surface area contributed by atoms with Crippen LogP contribution in [0.15, 0.2) is 0 Å². The van der Waals surface area contributed by atoms with Crippen molar-refractivity contribution < 1.29 is 9.53 Å². The molecule has 0 aromatic carbocycles. The van der Waals surface area contributed by atoms with Crippen molar-refractivity contribution in [2.45, 2.75) is 25.9 Å². The zero-order valence-electron chi connectivity index (χ0n) is 8.46. The molecule has 0 aromatic heterocycles. The van der Waals surface area contributed by atoms with E-state index in [9.17, 15) is 4.79 Å². The first-order valence-corrected chi connectivity index (χ1v) is 4.69. The first kappa shape index (κ1) is 10.5. The Hall–Kier alpha value is -0.610. The fourth-order valence-electron chi connectivity index (χ4n) is 1.32. The molecule has 0 unspecified atom stereocenters. The average Bonchev–Trinajstić information content (AvgIpc) is 2.00. The van der Waals surface area contributed by atoms with Crippen molar-refractivity contribution in [2.24, 2.45) is 5.92 Å². The van der Waals surface area contributed by atoms with Crippen LogP contribution >= 0.6 is 0 Å². The summed E-state index contributed by atoms with van der Waals surface area (Å²) in [6.45, 7) is 5.92. The highest BCUT2D eigenvalue weighted by atomic mass is 16.5. The Balaban J connectivity index is 2.41. The number of hydrogen-bond acceptors (Lipinski definition) is 4. The second-order valence-electron chi connectivity index (χ2n) is 3.77. The first-order valence-electron chi connectivity index (χ1n) is 4.69. The molecule has 0 spiro atoms. The van der Waals surface area contributed by atoms with E-state index in [0.717, 1.165) is 13.1 Å². The Morgan fingerprint density at radius 1 is 1.54 bits per heavy atom. The highest BCUT2D eigenvalue weighted by Crippen LogP contribution is 2.06. The Kier molecular flexibility index (Phi) is 3.69. The quantitative estimate of drug-likeness (QED) is 0.594. The molecular formula is C9H18N2O2. The summed E-state index contributed by atoms with van der Waals surface area (Å²) in [6.07, 6.45) is 0. The van der Waals surface area contributed by atoms with Gasteiger partial charge in [-0.2, -0.15) is 0 Å². The van der Waals surface area contributed by atoms with E-state index in [1.54, 1.807) is 0 Å². The van der Waals surface area contributed by atoms with Crippen LogP contribution in [0.1, 0.15) is 13.8 Å². The van der Waals surface area contributed by atoms with Gasteiger partial charge < -0.3 is 10.1 Å². The van der Waals surface area contributed by atoms with Crippen molar-refractivity contribution in [1.29, 1.82) is 0 Å². The van der Waals surface area contributed by atoms with Gasteiger partial charge in [0.05, 0.1) is 7.11 Å². The lowest BCUT2D eigenvalue weighted by Gasteiger charge is -2.32. The van der Waals surface area contributed by atoms with E-state index >= 15 is 0 Å². The standard InChI is InChI=1S/C9H18N2O2/c1-6(2)8(9(12)13-3)11-7-4-10-5-7/h6-8,10-11H,4-5H2,1-3H3/t8-/m0/s1. The second-order valence-corrected chi connectivity index (χ2v) is 3.77. The van der Waals surface area contributed by atoms with Gasteiger partial charge in [0.1, 0.15) is 6.04 Å². The summed E-state index contributed by atoms with van der Waals surface area (Å²) < 4.78 is 4.72. The molecule has 4 nitrogen and oxygen atoms in total. The molecule has 0 aromatic rings. The molecule has 1 saturated heterocycles. The highest BCUT2D eigenvalue weighted by molar-refractivity contribution is 5.76. The Bertz CT molecular complexity index is 178. The molecule has 0 amide bonds. The van der Waals surface area contributed by atoms with Crippen LogP contribution in [0.25, 0.3) is 0 Å². The molecule has 0 aliphatic carbocycles. The summed E-state index contributed by atoms with van der Waals surface area (Å²) in [7, 11) is 1.43. The van der Waals surface area contributed by atoms with Crippen LogP contribution in [0.4, 0.5) is 0 Å². The number of esters is 1. The van der Waals surface area contributed by atoms with E-state index in [2.05, 4.69) is 10.6 Å². The van der Waals surface area contributed by atoms with E-state index < -0.39 is 0 Å². The van der Waals surface area contributed by atoms with Crippen LogP contribution in [0, 0.1) is 5.92 Å². The molecule has 1 fully saturated rings. The molecule has 1 heterocycles. The molecule has 76 valence electrons. The molecular weight excluding hydrogens is 168 g/mol. The van der Waals surface area contributed by atoms with Gasteiger partial charge in [-0.3, -0.25) is 10.1 Å². The minimum atomic E-state index is -0.169. The van der Waals surface area contributed by atoms with Crippen LogP contribution in [-0.2, 0) is 9.53 Å². The smallest absolute Gasteiger partial charge is 0.323 e. The van der Waals surface area contributed by atoms with E-state index in [0.29, 0.717) is 6.04 Å². The SMILES string of the molecule is COC(=O)[C@@H](NC1CNC1)C(C)C. The van der Waals surface area contributed by atoms with Gasteiger partial charge >= 0.3 is 5.97 Å². The van der Waals surface area contributed by atoms with Crippen molar-refractivity contribution in [1.82, 2.24) is 10.6 Å². The number of ether oxygens (including phenoxy) is 1. The number of nitrogens with one attached hydrogen (secondary N) is 2. The van der Waals surface area contributed by atoms with Crippen LogP contribution in [0.5, 0.6) is 0 Å². The highest BCUT2D eigenvalue weighted by Gasteiger charge is 2.28. The summed E-state index contributed by atoms with van der Waals surface area (Å²) in [5.74, 6) is 0.106. The minimum Gasteiger partial charge on any atom is -0.468 e. The van der Waals surface area contributed by atoms with Gasteiger partial charge in [0.25, 0.3) is 0 Å². The van der Waals surface area contributed by atoms with Gasteiger partial charge in [-0.1, -0.05) is 13.8 Å². The Labute approximate surface area is 79.0 Å². The number of carbonyl (C=O) groups excluding carboxylic acids is 1. The Morgan fingerprint density at radius 2 is 2.15 bits per heavy atom. The molecule has 1 aliphatic heterocycles. The average molecular weight is 186 g/mol. The lowest BCUT2D eigenvalue weighted by atomic mass is 10.0. The van der Waals surface area contributed by atoms with Crippen LogP contribution < -0.4 is 10.6 Å². The van der Waals surface area contributed by atoms with Crippen LogP contribution in [0.3, 0.4) is 0 Å². The summed E-state index contributed by atoms with van der Waals surface area (Å²) in [6, 6.07) is 0.253. The lowest BCUT2D eigenvalue weighted by Crippen LogP contribution is -2.60. The van der Waals surface area contributed by atoms with Crippen molar-refractivity contribution in [3.05, 3.63) is 0 Å². The summed E-state index contributed by atoms with van der Waals surface area (Å²) in [5, 5.41) is 6.41. The van der Waals surface area contributed by atoms with Crippen LogP contribution in [0.2, 0.25) is 0 Å². The monoisotopic (exact) mass is 186 g/mol. The normalized spacial score (nSPS) is 19.7. The fourth-order valence-corrected chi connectivity index (χ4v) is 1.32. The predicted octanol–water partition coefficient (Wildman–Crippen LogP) is -0.255. The van der Waals surface area contributed by atoms with Gasteiger partial charge in [0, 0.05) is 19.1 Å². The molecule has 0 bridgehead atoms. The van der Waals surface area contributed by atoms with Gasteiger partial charge in [0.2, 0.25) is 0 Å². The molecule has 1 atom stereocenters. The third-order valence-electron chi connectivity index (χ3n) is 2.32. The zero-order chi connectivity index (χ0) is 9.84. The maximum absolute atomic E-state index is 11.3. The van der Waals surface area contributed by atoms with Gasteiger partial charge in [-0.25, -0.2) is 0 Å². The van der Waals surface area contributed by atoms with Gasteiger partial charge in [0.15, 0.2) is 0 Å². The third kappa shape index (κ3) is 2.67. The largest absolute Gasteiger partial charge is 0.468 e. The molecule has 0 radical (unpaired) electrons. The summed E-state index contributed by atoms with van der Waals surface area (Å²) in [4.78, 5) is 11.3. The molecule has 0 saturated carbocycles. The topological polar surface area (TPSA) is 50.4 Å². The molecule has 1 aliphatic rings. The number of hydrogen-bond donors (Lipinski definition) is 2. The van der Waals surface area contributed by atoms with E-state index in [4.69, 9.17) is 4.74 Å². The summed E-state index contributed by atoms with van der Waals surface area (Å²) >= 11 is 0. The molecule has 13 heavy (non-hydrogen) atoms. The first-order chi connectivity index (χ1) is 6.15. The predicted molar refractivity (Wildman–Crippen MR) is 50.4 cm³/mol. The number of methoxy groups -OCH3 is 1. The lowest BCUT2D eigenvalue weighted by molar-refractivity contribution is -0.144. The fraction of sp³-hybridized carbons (Fsp3) is 0.889. The van der Waals surface area contributed by atoms with Crippen molar-refractivity contribution >= 4 is 5.97 Å². The van der Waals surface area contributed by atoms with Crippen molar-refractivity contribution in [2.75, 3.05) is 20.2 Å². The molecule has 1 rings (SSSR count). The zero-order valence-corrected chi connectivity index (χ0v) is 8.46. The van der Waals surface area contributed by atoms with Gasteiger partial charge in [-0.15, -0.1) is 0 Å². The number of rotatable bonds is 4. The maximum Gasteiger partial charge on any atom is 0.323 e. The van der Waals surface area contributed by atoms with E-state index in [-0.39, 0.29) is 17.9 Å². The second kappa shape index (κ2) is 4.58. The van der Waals surface area contributed by atoms with E-state index in [1.807, 2.05) is 13.8 Å². The van der Waals surface area contributed by atoms with Gasteiger partial charge in [-0.05, 0) is 5.92 Å². The molecule has 4 heteroatoms. The molecule has 2 N–H and O–H groups in total. The van der Waals surface area contributed by atoms with Crippen molar-refractivity contribution in [3.63, 3.8) is 0 Å². The van der Waals surface area contributed by atoms with E-state index in [1.165, 1.54) is 7.11 Å². The minimum absolute atomic E-state index is 0.165. The number of carbonyl (C=O) groups is 1. The third-order valence-corrected chi connectivity index (χ3v) is 2.32. The van der Waals surface area contributed by atoms with Crippen molar-refractivity contribution in [3.8, 4) is 0 Å². The maximum atomic E-state index is 11.3. The van der Waals surface area contributed by atoms with Crippen LogP contribution in [-0.4, -0.2) is 38.3 Å².